The van der Waals surface area contributed by atoms with E-state index < -0.39 is 0 Å². The molecule has 2 aliphatic heterocycles. The molecule has 0 radical (unpaired) electrons. The Morgan fingerprint density at radius 1 is 1.19 bits per heavy atom. The molecule has 1 saturated heterocycles. The average molecular weight is 349 g/mol. The third-order valence-electron chi connectivity index (χ3n) is 5.69. The van der Waals surface area contributed by atoms with E-state index in [1.165, 1.54) is 4.57 Å². The number of benzene rings is 2. The van der Waals surface area contributed by atoms with Crippen LogP contribution in [0.4, 0.5) is 0 Å². The van der Waals surface area contributed by atoms with Crippen LogP contribution in [0.1, 0.15) is 37.5 Å². The van der Waals surface area contributed by atoms with Crippen molar-refractivity contribution in [3.8, 4) is 11.6 Å². The molecule has 0 spiro atoms. The van der Waals surface area contributed by atoms with E-state index in [1.807, 2.05) is 49.4 Å². The highest BCUT2D eigenvalue weighted by molar-refractivity contribution is 5.90. The Balaban J connectivity index is 1.73. The minimum absolute atomic E-state index is 0.0487. The molecule has 3 heterocycles. The second-order valence-corrected chi connectivity index (χ2v) is 7.00. The van der Waals surface area contributed by atoms with Crippen molar-refractivity contribution in [1.82, 2.24) is 14.0 Å². The maximum Gasteiger partial charge on any atom is 0.336 e. The average Bonchev–Trinajstić information content (AvgIpc) is 3.32. The van der Waals surface area contributed by atoms with Crippen LogP contribution in [0.25, 0.3) is 16.5 Å². The SMILES string of the molecule is CCC(=O)N1C[C@@H]2C[C@H]1c1c(O)n(-c3cccc4ccccc34)c(=O)n12. The third kappa shape index (κ3) is 1.81. The Morgan fingerprint density at radius 3 is 2.77 bits per heavy atom. The number of nitrogens with zero attached hydrogens (tertiary/aromatic N) is 3. The lowest BCUT2D eigenvalue weighted by atomic mass is 10.1. The summed E-state index contributed by atoms with van der Waals surface area (Å²) in [4.78, 5) is 27.1. The molecule has 1 fully saturated rings. The van der Waals surface area contributed by atoms with E-state index in [1.54, 1.807) is 9.47 Å². The molecule has 2 aromatic carbocycles. The number of carbonyl (C=O) groups excluding carboxylic acids is 1. The lowest BCUT2D eigenvalue weighted by Crippen LogP contribution is -2.37. The predicted molar refractivity (Wildman–Crippen MR) is 97.6 cm³/mol. The van der Waals surface area contributed by atoms with E-state index >= 15 is 0 Å². The summed E-state index contributed by atoms with van der Waals surface area (Å²) >= 11 is 0. The van der Waals surface area contributed by atoms with Gasteiger partial charge in [-0.2, -0.15) is 0 Å². The third-order valence-corrected chi connectivity index (χ3v) is 5.69. The number of likely N-dealkylation sites (tertiary alicyclic amines) is 1. The predicted octanol–water partition coefficient (Wildman–Crippen LogP) is 2.74. The van der Waals surface area contributed by atoms with Crippen molar-refractivity contribution in [3.05, 3.63) is 58.6 Å². The topological polar surface area (TPSA) is 67.5 Å². The summed E-state index contributed by atoms with van der Waals surface area (Å²) in [6.07, 6.45) is 1.14. The molecule has 3 aromatic rings. The second-order valence-electron chi connectivity index (χ2n) is 7.00. The molecule has 2 atom stereocenters. The first-order valence-electron chi connectivity index (χ1n) is 8.95. The van der Waals surface area contributed by atoms with Crippen molar-refractivity contribution in [1.29, 1.82) is 0 Å². The maximum atomic E-state index is 13.1. The largest absolute Gasteiger partial charge is 0.493 e. The van der Waals surface area contributed by atoms with Crippen molar-refractivity contribution in [2.75, 3.05) is 6.54 Å². The van der Waals surface area contributed by atoms with E-state index in [9.17, 15) is 14.7 Å². The van der Waals surface area contributed by atoms with Crippen LogP contribution in [0.3, 0.4) is 0 Å². The lowest BCUT2D eigenvalue weighted by Gasteiger charge is -2.27. The molecule has 132 valence electrons. The molecule has 2 bridgehead atoms. The van der Waals surface area contributed by atoms with Gasteiger partial charge in [-0.15, -0.1) is 0 Å². The second kappa shape index (κ2) is 5.24. The number of rotatable bonds is 2. The van der Waals surface area contributed by atoms with E-state index in [0.717, 1.165) is 10.8 Å². The van der Waals surface area contributed by atoms with Gasteiger partial charge in [0.25, 0.3) is 0 Å². The fraction of sp³-hybridized carbons (Fsp3) is 0.300. The first-order valence-corrected chi connectivity index (χ1v) is 8.95. The van der Waals surface area contributed by atoms with Gasteiger partial charge < -0.3 is 10.0 Å². The summed E-state index contributed by atoms with van der Waals surface area (Å²) in [7, 11) is 0. The zero-order valence-corrected chi connectivity index (χ0v) is 14.4. The lowest BCUT2D eigenvalue weighted by molar-refractivity contribution is -0.132. The van der Waals surface area contributed by atoms with Gasteiger partial charge in [-0.25, -0.2) is 9.36 Å². The van der Waals surface area contributed by atoms with Gasteiger partial charge in [0.15, 0.2) is 0 Å². The van der Waals surface area contributed by atoms with Gasteiger partial charge in [0.2, 0.25) is 11.8 Å². The maximum absolute atomic E-state index is 13.1. The summed E-state index contributed by atoms with van der Waals surface area (Å²) in [5, 5.41) is 12.9. The van der Waals surface area contributed by atoms with Crippen LogP contribution in [0.5, 0.6) is 5.88 Å². The van der Waals surface area contributed by atoms with Crippen molar-refractivity contribution in [2.45, 2.75) is 31.8 Å². The Morgan fingerprint density at radius 2 is 1.96 bits per heavy atom. The normalized spacial score (nSPS) is 20.7. The summed E-state index contributed by atoms with van der Waals surface area (Å²) in [5.41, 5.74) is 1.01. The number of hydrogen-bond donors (Lipinski definition) is 1. The molecule has 5 rings (SSSR count). The Hall–Kier alpha value is -3.02. The van der Waals surface area contributed by atoms with Gasteiger partial charge in [-0.05, 0) is 17.9 Å². The number of hydrogen-bond acceptors (Lipinski definition) is 3. The summed E-state index contributed by atoms with van der Waals surface area (Å²) in [5.74, 6) is 0.0148. The van der Waals surface area contributed by atoms with Gasteiger partial charge in [0, 0.05) is 18.4 Å². The molecule has 26 heavy (non-hydrogen) atoms. The molecule has 6 heteroatoms. The number of carbonyl (C=O) groups is 1. The van der Waals surface area contributed by atoms with Gasteiger partial charge in [0.05, 0.1) is 17.8 Å². The van der Waals surface area contributed by atoms with Crippen molar-refractivity contribution in [2.24, 2.45) is 0 Å². The van der Waals surface area contributed by atoms with Crippen molar-refractivity contribution < 1.29 is 9.90 Å². The van der Waals surface area contributed by atoms with Gasteiger partial charge in [-0.1, -0.05) is 43.3 Å². The van der Waals surface area contributed by atoms with Gasteiger partial charge in [0.1, 0.15) is 5.69 Å². The van der Waals surface area contributed by atoms with E-state index in [2.05, 4.69) is 0 Å². The molecule has 0 unspecified atom stereocenters. The standard InChI is InChI=1S/C20H19N3O3/c1-2-17(24)21-11-13-10-16(21)18-19(25)23(20(26)22(13)18)15-9-5-7-12-6-3-4-8-14(12)15/h3-9,13,16,25H,2,10-11H2,1H3/t13-,16-/m0/s1. The number of aromatic hydroxyl groups is 1. The molecule has 6 nitrogen and oxygen atoms in total. The van der Waals surface area contributed by atoms with Crippen LogP contribution in [0.2, 0.25) is 0 Å². The molecule has 0 aliphatic carbocycles. The molecule has 1 amide bonds. The zero-order valence-electron chi connectivity index (χ0n) is 14.4. The first kappa shape index (κ1) is 15.3. The molecule has 1 aromatic heterocycles. The first-order chi connectivity index (χ1) is 12.6. The Kier molecular flexibility index (Phi) is 3.07. The van der Waals surface area contributed by atoms with Crippen molar-refractivity contribution in [3.63, 3.8) is 0 Å². The fourth-order valence-electron chi connectivity index (χ4n) is 4.55. The van der Waals surface area contributed by atoms with Crippen LogP contribution in [0, 0.1) is 0 Å². The van der Waals surface area contributed by atoms with E-state index in [4.69, 9.17) is 0 Å². The highest BCUT2D eigenvalue weighted by Gasteiger charge is 2.48. The highest BCUT2D eigenvalue weighted by Crippen LogP contribution is 2.48. The highest BCUT2D eigenvalue weighted by atomic mass is 16.3. The van der Waals surface area contributed by atoms with Gasteiger partial charge in [-0.3, -0.25) is 9.36 Å². The minimum atomic E-state index is -0.232. The van der Waals surface area contributed by atoms with Crippen LogP contribution in [-0.2, 0) is 4.79 Å². The van der Waals surface area contributed by atoms with Crippen LogP contribution >= 0.6 is 0 Å². The molecule has 1 N–H and O–H groups in total. The Bertz CT molecular complexity index is 1110. The summed E-state index contributed by atoms with van der Waals surface area (Å²) in [6, 6.07) is 13.2. The monoisotopic (exact) mass is 349 g/mol. The molecular formula is C20H19N3O3. The van der Waals surface area contributed by atoms with Crippen LogP contribution in [0.15, 0.2) is 47.3 Å². The molecule has 2 aliphatic rings. The van der Waals surface area contributed by atoms with Crippen molar-refractivity contribution >= 4 is 16.7 Å². The van der Waals surface area contributed by atoms with E-state index in [0.29, 0.717) is 30.8 Å². The summed E-state index contributed by atoms with van der Waals surface area (Å²) in [6.45, 7) is 2.38. The van der Waals surface area contributed by atoms with Gasteiger partial charge >= 0.3 is 5.69 Å². The quantitative estimate of drug-likeness (QED) is 0.773. The fourth-order valence-corrected chi connectivity index (χ4v) is 4.55. The number of amides is 1. The summed E-state index contributed by atoms with van der Waals surface area (Å²) < 4.78 is 3.07. The molecular weight excluding hydrogens is 330 g/mol. The smallest absolute Gasteiger partial charge is 0.336 e. The number of aromatic nitrogens is 2. The number of fused-ring (bicyclic) bond motifs is 6. The minimum Gasteiger partial charge on any atom is -0.493 e. The zero-order chi connectivity index (χ0) is 18.0. The van der Waals surface area contributed by atoms with Crippen LogP contribution < -0.4 is 5.69 Å². The molecule has 0 saturated carbocycles. The Labute approximate surface area is 149 Å². The number of imidazole rings is 1. The van der Waals surface area contributed by atoms with Crippen LogP contribution in [-0.4, -0.2) is 31.6 Å². The van der Waals surface area contributed by atoms with E-state index in [-0.39, 0.29) is 29.6 Å².